The molecule has 106 valence electrons. The van der Waals surface area contributed by atoms with E-state index in [2.05, 4.69) is 10.2 Å². The molecule has 1 aliphatic carbocycles. The molecule has 1 unspecified atom stereocenters. The van der Waals surface area contributed by atoms with Crippen LogP contribution < -0.4 is 5.32 Å². The molecule has 0 spiro atoms. The third kappa shape index (κ3) is 4.55. The quantitative estimate of drug-likeness (QED) is 0.610. The van der Waals surface area contributed by atoms with Crippen molar-refractivity contribution in [3.63, 3.8) is 0 Å². The van der Waals surface area contributed by atoms with Crippen molar-refractivity contribution in [2.45, 2.75) is 44.2 Å². The first kappa shape index (κ1) is 15.4. The molecule has 0 heterocycles. The molecule has 1 aliphatic rings. The largest absolute Gasteiger partial charge is 0.480 e. The molecule has 1 rings (SSSR count). The number of hydrogen-bond donors (Lipinski definition) is 2. The summed E-state index contributed by atoms with van der Waals surface area (Å²) in [4.78, 5) is 13.6. The fraction of sp³-hybridized carbons (Fsp3) is 0.923. The summed E-state index contributed by atoms with van der Waals surface area (Å²) >= 11 is 0. The van der Waals surface area contributed by atoms with Crippen LogP contribution >= 0.6 is 0 Å². The molecule has 2 N–H and O–H groups in total. The van der Waals surface area contributed by atoms with Crippen LogP contribution in [-0.2, 0) is 9.53 Å². The molecule has 0 radical (unpaired) electrons. The number of nitrogens with one attached hydrogen (secondary N) is 1. The fourth-order valence-corrected chi connectivity index (χ4v) is 2.10. The number of carboxylic acids is 1. The lowest BCUT2D eigenvalue weighted by Crippen LogP contribution is -2.48. The number of carbonyl (C=O) groups is 1. The van der Waals surface area contributed by atoms with Crippen LogP contribution in [0.25, 0.3) is 0 Å². The molecule has 1 saturated carbocycles. The lowest BCUT2D eigenvalue weighted by Gasteiger charge is -2.27. The molecule has 0 amide bonds. The molecule has 0 aromatic carbocycles. The number of aliphatic carboxylic acids is 1. The molecule has 1 atom stereocenters. The molecule has 5 nitrogen and oxygen atoms in total. The Labute approximate surface area is 109 Å². The second kappa shape index (κ2) is 7.07. The van der Waals surface area contributed by atoms with Gasteiger partial charge in [-0.25, -0.2) is 0 Å². The first-order valence-corrected chi connectivity index (χ1v) is 6.69. The van der Waals surface area contributed by atoms with Gasteiger partial charge in [0.15, 0.2) is 0 Å². The number of likely N-dealkylation sites (N-methyl/N-ethyl adjacent to an activating group) is 1. The van der Waals surface area contributed by atoms with Gasteiger partial charge >= 0.3 is 5.97 Å². The molecule has 0 aromatic rings. The average Bonchev–Trinajstić information content (AvgIpc) is 3.17. The van der Waals surface area contributed by atoms with E-state index in [1.165, 1.54) is 12.8 Å². The van der Waals surface area contributed by atoms with Gasteiger partial charge in [-0.2, -0.15) is 0 Å². The Morgan fingerprint density at radius 3 is 2.61 bits per heavy atom. The molecule has 1 fully saturated rings. The Morgan fingerprint density at radius 2 is 2.17 bits per heavy atom. The summed E-state index contributed by atoms with van der Waals surface area (Å²) in [5, 5.41) is 12.1. The zero-order valence-electron chi connectivity index (χ0n) is 11.7. The molecule has 0 bridgehead atoms. The highest BCUT2D eigenvalue weighted by Crippen LogP contribution is 2.27. The highest BCUT2D eigenvalue weighted by molar-refractivity contribution is 5.78. The standard InChI is InChI=1S/C13H26N2O3/c1-13(14-2,12(16)17)7-4-8-15(9-10-18-3)11-5-6-11/h11,14H,4-10H2,1-3H3,(H,16,17). The molecule has 0 aromatic heterocycles. The van der Waals surface area contributed by atoms with E-state index in [9.17, 15) is 4.79 Å². The van der Waals surface area contributed by atoms with Gasteiger partial charge in [0.25, 0.3) is 0 Å². The average molecular weight is 258 g/mol. The Morgan fingerprint density at radius 1 is 1.50 bits per heavy atom. The van der Waals surface area contributed by atoms with Crippen molar-refractivity contribution in [1.82, 2.24) is 10.2 Å². The van der Waals surface area contributed by atoms with Crippen molar-refractivity contribution in [3.05, 3.63) is 0 Å². The van der Waals surface area contributed by atoms with Crippen LogP contribution in [0.4, 0.5) is 0 Å². The lowest BCUT2D eigenvalue weighted by molar-refractivity contribution is -0.144. The van der Waals surface area contributed by atoms with E-state index in [1.807, 2.05) is 0 Å². The summed E-state index contributed by atoms with van der Waals surface area (Å²) < 4.78 is 5.11. The third-order valence-corrected chi connectivity index (χ3v) is 3.79. The summed E-state index contributed by atoms with van der Waals surface area (Å²) in [7, 11) is 3.42. The van der Waals surface area contributed by atoms with Crippen molar-refractivity contribution in [2.24, 2.45) is 0 Å². The smallest absolute Gasteiger partial charge is 0.323 e. The highest BCUT2D eigenvalue weighted by atomic mass is 16.5. The summed E-state index contributed by atoms with van der Waals surface area (Å²) in [5.41, 5.74) is -0.809. The van der Waals surface area contributed by atoms with E-state index in [0.29, 0.717) is 12.5 Å². The summed E-state index contributed by atoms with van der Waals surface area (Å²) in [6.07, 6.45) is 4.08. The Balaban J connectivity index is 2.31. The van der Waals surface area contributed by atoms with Gasteiger partial charge in [-0.05, 0) is 46.2 Å². The molecule has 0 aliphatic heterocycles. The predicted molar refractivity (Wildman–Crippen MR) is 70.8 cm³/mol. The normalized spacial score (nSPS) is 18.9. The minimum Gasteiger partial charge on any atom is -0.480 e. The second-order valence-electron chi connectivity index (χ2n) is 5.25. The van der Waals surface area contributed by atoms with Crippen LogP contribution in [0.5, 0.6) is 0 Å². The third-order valence-electron chi connectivity index (χ3n) is 3.79. The van der Waals surface area contributed by atoms with Gasteiger partial charge in [-0.15, -0.1) is 0 Å². The SMILES string of the molecule is CNC(C)(CCCN(CCOC)C1CC1)C(=O)O. The van der Waals surface area contributed by atoms with Gasteiger partial charge in [0.1, 0.15) is 5.54 Å². The van der Waals surface area contributed by atoms with Crippen molar-refractivity contribution < 1.29 is 14.6 Å². The number of nitrogens with zero attached hydrogens (tertiary/aromatic N) is 1. The van der Waals surface area contributed by atoms with E-state index in [4.69, 9.17) is 9.84 Å². The van der Waals surface area contributed by atoms with Gasteiger partial charge in [-0.1, -0.05) is 0 Å². The maximum absolute atomic E-state index is 11.2. The summed E-state index contributed by atoms with van der Waals surface area (Å²) in [5.74, 6) is -0.778. The van der Waals surface area contributed by atoms with E-state index in [1.54, 1.807) is 21.1 Å². The van der Waals surface area contributed by atoms with Crippen LogP contribution in [0, 0.1) is 0 Å². The number of hydrogen-bond acceptors (Lipinski definition) is 4. The van der Waals surface area contributed by atoms with Gasteiger partial charge in [0, 0.05) is 19.7 Å². The minimum absolute atomic E-state index is 0.648. The van der Waals surface area contributed by atoms with Crippen LogP contribution in [0.15, 0.2) is 0 Å². The van der Waals surface area contributed by atoms with Crippen molar-refractivity contribution >= 4 is 5.97 Å². The van der Waals surface area contributed by atoms with Crippen molar-refractivity contribution in [2.75, 3.05) is 33.9 Å². The van der Waals surface area contributed by atoms with Crippen LogP contribution in [0.2, 0.25) is 0 Å². The minimum atomic E-state index is -0.809. The number of methoxy groups -OCH3 is 1. The molecular weight excluding hydrogens is 232 g/mol. The molecule has 18 heavy (non-hydrogen) atoms. The van der Waals surface area contributed by atoms with E-state index in [-0.39, 0.29) is 0 Å². The maximum atomic E-state index is 11.2. The monoisotopic (exact) mass is 258 g/mol. The first-order valence-electron chi connectivity index (χ1n) is 6.69. The van der Waals surface area contributed by atoms with Gasteiger partial charge in [0.2, 0.25) is 0 Å². The zero-order chi connectivity index (χ0) is 13.6. The lowest BCUT2D eigenvalue weighted by atomic mass is 9.96. The van der Waals surface area contributed by atoms with Crippen molar-refractivity contribution in [3.8, 4) is 0 Å². The van der Waals surface area contributed by atoms with Crippen LogP contribution in [0.3, 0.4) is 0 Å². The van der Waals surface area contributed by atoms with Crippen molar-refractivity contribution in [1.29, 1.82) is 0 Å². The fourth-order valence-electron chi connectivity index (χ4n) is 2.10. The van der Waals surface area contributed by atoms with Crippen LogP contribution in [-0.4, -0.2) is 61.4 Å². The second-order valence-corrected chi connectivity index (χ2v) is 5.25. The predicted octanol–water partition coefficient (Wildman–Crippen LogP) is 0.940. The van der Waals surface area contributed by atoms with Gasteiger partial charge in [-0.3, -0.25) is 9.69 Å². The summed E-state index contributed by atoms with van der Waals surface area (Å²) in [6, 6.07) is 0.700. The van der Waals surface area contributed by atoms with E-state index < -0.39 is 11.5 Å². The summed E-state index contributed by atoms with van der Waals surface area (Å²) in [6.45, 7) is 4.40. The Hall–Kier alpha value is -0.650. The number of carboxylic acid groups (broad SMARTS) is 1. The molecule has 5 heteroatoms. The topological polar surface area (TPSA) is 61.8 Å². The number of rotatable bonds is 10. The highest BCUT2D eigenvalue weighted by Gasteiger charge is 2.32. The van der Waals surface area contributed by atoms with E-state index in [0.717, 1.165) is 26.1 Å². The van der Waals surface area contributed by atoms with Crippen LogP contribution in [0.1, 0.15) is 32.6 Å². The number of ether oxygens (including phenoxy) is 1. The zero-order valence-corrected chi connectivity index (χ0v) is 11.7. The molecular formula is C13H26N2O3. The van der Waals surface area contributed by atoms with Gasteiger partial charge in [0.05, 0.1) is 6.61 Å². The first-order chi connectivity index (χ1) is 8.53. The Kier molecular flexibility index (Phi) is 6.05. The Bertz CT molecular complexity index is 269. The van der Waals surface area contributed by atoms with Gasteiger partial charge < -0.3 is 15.2 Å². The maximum Gasteiger partial charge on any atom is 0.323 e. The van der Waals surface area contributed by atoms with E-state index >= 15 is 0 Å². The molecule has 0 saturated heterocycles.